The molecule has 0 atom stereocenters. The van der Waals surface area contributed by atoms with E-state index < -0.39 is 17.3 Å². The van der Waals surface area contributed by atoms with Crippen molar-refractivity contribution in [2.24, 2.45) is 5.73 Å². The standard InChI is InChI=1S/C28H34FN5O4/c1-6-37-24-15-21-18(14-23(24)33-9-11-34(12-10-33)27(36)38-28(3,4)5)25(19(16-31-21)26(30)35)32-22-13-17(2)7-8-20(22)29/h7-8,13-16H,6,9-12H2,1-5H3,(H2,30,35)(H,31,32). The van der Waals surface area contributed by atoms with Gasteiger partial charge in [-0.3, -0.25) is 9.78 Å². The highest BCUT2D eigenvalue weighted by Crippen LogP contribution is 2.38. The van der Waals surface area contributed by atoms with Crippen LogP contribution >= 0.6 is 0 Å². The highest BCUT2D eigenvalue weighted by atomic mass is 19.1. The Bertz CT molecular complexity index is 1360. The number of primary amides is 1. The lowest BCUT2D eigenvalue weighted by molar-refractivity contribution is 0.0240. The van der Waals surface area contributed by atoms with Gasteiger partial charge in [-0.2, -0.15) is 0 Å². The number of nitrogens with one attached hydrogen (secondary N) is 1. The molecule has 38 heavy (non-hydrogen) atoms. The number of nitrogens with zero attached hydrogens (tertiary/aromatic N) is 3. The van der Waals surface area contributed by atoms with Crippen LogP contribution in [0.1, 0.15) is 43.6 Å². The minimum atomic E-state index is -0.684. The van der Waals surface area contributed by atoms with Gasteiger partial charge in [-0.15, -0.1) is 0 Å². The zero-order valence-electron chi connectivity index (χ0n) is 22.4. The van der Waals surface area contributed by atoms with Crippen LogP contribution in [-0.2, 0) is 4.74 Å². The molecule has 1 saturated heterocycles. The first-order chi connectivity index (χ1) is 18.0. The molecule has 1 aliphatic rings. The van der Waals surface area contributed by atoms with Gasteiger partial charge in [0, 0.05) is 43.8 Å². The van der Waals surface area contributed by atoms with E-state index in [-0.39, 0.29) is 17.3 Å². The predicted octanol–water partition coefficient (Wildman–Crippen LogP) is 4.98. The monoisotopic (exact) mass is 523 g/mol. The van der Waals surface area contributed by atoms with E-state index in [1.54, 1.807) is 23.1 Å². The maximum absolute atomic E-state index is 14.7. The number of anilines is 3. The third-order valence-corrected chi connectivity index (χ3v) is 6.17. The van der Waals surface area contributed by atoms with Crippen LogP contribution in [0.25, 0.3) is 10.9 Å². The van der Waals surface area contributed by atoms with Gasteiger partial charge < -0.3 is 30.3 Å². The van der Waals surface area contributed by atoms with E-state index in [1.807, 2.05) is 40.7 Å². The van der Waals surface area contributed by atoms with Crippen molar-refractivity contribution >= 4 is 40.0 Å². The number of piperazine rings is 1. The van der Waals surface area contributed by atoms with E-state index in [4.69, 9.17) is 15.2 Å². The third kappa shape index (κ3) is 5.90. The number of nitrogens with two attached hydrogens (primary N) is 1. The zero-order chi connectivity index (χ0) is 27.6. The Labute approximate surface area is 221 Å². The number of carbonyl (C=O) groups is 2. The largest absolute Gasteiger partial charge is 0.492 e. The number of benzene rings is 2. The highest BCUT2D eigenvalue weighted by molar-refractivity contribution is 6.08. The van der Waals surface area contributed by atoms with Gasteiger partial charge in [0.1, 0.15) is 17.2 Å². The van der Waals surface area contributed by atoms with Crippen LogP contribution in [0.5, 0.6) is 5.75 Å². The van der Waals surface area contributed by atoms with Crippen molar-refractivity contribution in [1.29, 1.82) is 0 Å². The Morgan fingerprint density at radius 1 is 1.13 bits per heavy atom. The molecule has 0 saturated carbocycles. The molecule has 9 nitrogen and oxygen atoms in total. The van der Waals surface area contributed by atoms with Crippen molar-refractivity contribution < 1.29 is 23.5 Å². The Hall–Kier alpha value is -4.08. The van der Waals surface area contributed by atoms with E-state index in [0.29, 0.717) is 55.1 Å². The molecular formula is C28H34FN5O4. The van der Waals surface area contributed by atoms with Crippen LogP contribution in [0.3, 0.4) is 0 Å². The molecule has 1 aliphatic heterocycles. The lowest BCUT2D eigenvalue weighted by Crippen LogP contribution is -2.50. The Morgan fingerprint density at radius 2 is 1.84 bits per heavy atom. The first-order valence-electron chi connectivity index (χ1n) is 12.6. The van der Waals surface area contributed by atoms with E-state index in [0.717, 1.165) is 11.3 Å². The van der Waals surface area contributed by atoms with Crippen LogP contribution in [0, 0.1) is 12.7 Å². The second-order valence-electron chi connectivity index (χ2n) is 10.2. The lowest BCUT2D eigenvalue weighted by atomic mass is 10.1. The Morgan fingerprint density at radius 3 is 2.47 bits per heavy atom. The van der Waals surface area contributed by atoms with E-state index in [2.05, 4.69) is 15.2 Å². The summed E-state index contributed by atoms with van der Waals surface area (Å²) in [5.41, 5.74) is 8.03. The third-order valence-electron chi connectivity index (χ3n) is 6.17. The average Bonchev–Trinajstić information content (AvgIpc) is 2.85. The lowest BCUT2D eigenvalue weighted by Gasteiger charge is -2.37. The molecule has 10 heteroatoms. The fraction of sp³-hybridized carbons (Fsp3) is 0.393. The van der Waals surface area contributed by atoms with Crippen LogP contribution in [0.4, 0.5) is 26.2 Å². The number of amides is 2. The molecule has 2 aromatic carbocycles. The predicted molar refractivity (Wildman–Crippen MR) is 146 cm³/mol. The topological polar surface area (TPSA) is 110 Å². The molecule has 202 valence electrons. The van der Waals surface area contributed by atoms with E-state index >= 15 is 0 Å². The minimum absolute atomic E-state index is 0.142. The van der Waals surface area contributed by atoms with Gasteiger partial charge in [0.15, 0.2) is 0 Å². The number of rotatable bonds is 6. The van der Waals surface area contributed by atoms with Crippen LogP contribution in [0.15, 0.2) is 36.5 Å². The fourth-order valence-electron chi connectivity index (χ4n) is 4.37. The zero-order valence-corrected chi connectivity index (χ0v) is 22.4. The first-order valence-corrected chi connectivity index (χ1v) is 12.6. The molecule has 0 bridgehead atoms. The molecule has 4 rings (SSSR count). The van der Waals surface area contributed by atoms with Crippen molar-refractivity contribution in [3.05, 3.63) is 53.5 Å². The van der Waals surface area contributed by atoms with Crippen molar-refractivity contribution in [2.75, 3.05) is 43.0 Å². The van der Waals surface area contributed by atoms with Crippen molar-refractivity contribution in [3.8, 4) is 5.75 Å². The molecule has 0 radical (unpaired) electrons. The first kappa shape index (κ1) is 27.0. The summed E-state index contributed by atoms with van der Waals surface area (Å²) in [5, 5.41) is 3.68. The second-order valence-corrected chi connectivity index (χ2v) is 10.2. The fourth-order valence-corrected chi connectivity index (χ4v) is 4.37. The maximum Gasteiger partial charge on any atom is 0.410 e. The van der Waals surface area contributed by atoms with Gasteiger partial charge in [-0.25, -0.2) is 9.18 Å². The number of aromatic nitrogens is 1. The normalized spacial score (nSPS) is 13.9. The minimum Gasteiger partial charge on any atom is -0.492 e. The van der Waals surface area contributed by atoms with Crippen molar-refractivity contribution in [3.63, 3.8) is 0 Å². The molecule has 0 aliphatic carbocycles. The van der Waals surface area contributed by atoms with Crippen molar-refractivity contribution in [2.45, 2.75) is 40.2 Å². The van der Waals surface area contributed by atoms with Crippen LogP contribution in [-0.4, -0.2) is 60.3 Å². The molecule has 2 amide bonds. The number of ether oxygens (including phenoxy) is 2. The summed E-state index contributed by atoms with van der Waals surface area (Å²) >= 11 is 0. The number of hydrogen-bond donors (Lipinski definition) is 2. The second kappa shape index (κ2) is 10.7. The molecular weight excluding hydrogens is 489 g/mol. The number of fused-ring (bicyclic) bond motifs is 1. The number of halogens is 1. The van der Waals surface area contributed by atoms with E-state index in [1.165, 1.54) is 12.3 Å². The summed E-state index contributed by atoms with van der Waals surface area (Å²) < 4.78 is 26.1. The number of carbonyl (C=O) groups excluding carboxylic acids is 2. The molecule has 2 heterocycles. The van der Waals surface area contributed by atoms with Gasteiger partial charge in [0.05, 0.1) is 34.7 Å². The van der Waals surface area contributed by atoms with Gasteiger partial charge >= 0.3 is 6.09 Å². The quantitative estimate of drug-likeness (QED) is 0.469. The smallest absolute Gasteiger partial charge is 0.410 e. The van der Waals surface area contributed by atoms with Gasteiger partial charge in [0.2, 0.25) is 0 Å². The number of aryl methyl sites for hydroxylation is 1. The molecule has 3 aromatic rings. The summed E-state index contributed by atoms with van der Waals surface area (Å²) in [6, 6.07) is 8.38. The van der Waals surface area contributed by atoms with Crippen LogP contribution < -0.4 is 20.7 Å². The Balaban J connectivity index is 1.74. The summed E-state index contributed by atoms with van der Waals surface area (Å²) in [6.07, 6.45) is 1.04. The molecule has 0 unspecified atom stereocenters. The van der Waals surface area contributed by atoms with Gasteiger partial charge in [-0.1, -0.05) is 6.07 Å². The summed E-state index contributed by atoms with van der Waals surface area (Å²) in [5.74, 6) is -0.519. The highest BCUT2D eigenvalue weighted by Gasteiger charge is 2.28. The summed E-state index contributed by atoms with van der Waals surface area (Å²) in [4.78, 5) is 33.1. The van der Waals surface area contributed by atoms with Gasteiger partial charge in [-0.05, 0) is 58.4 Å². The molecule has 3 N–H and O–H groups in total. The van der Waals surface area contributed by atoms with Crippen molar-refractivity contribution in [1.82, 2.24) is 9.88 Å². The summed E-state index contributed by atoms with van der Waals surface area (Å²) in [7, 11) is 0. The summed E-state index contributed by atoms with van der Waals surface area (Å²) in [6.45, 7) is 11.7. The maximum atomic E-state index is 14.7. The molecule has 0 spiro atoms. The number of hydrogen-bond acceptors (Lipinski definition) is 7. The average molecular weight is 524 g/mol. The Kier molecular flexibility index (Phi) is 7.61. The SMILES string of the molecule is CCOc1cc2ncc(C(N)=O)c(Nc3cc(C)ccc3F)c2cc1N1CCN(C(=O)OC(C)(C)C)CC1. The molecule has 1 fully saturated rings. The van der Waals surface area contributed by atoms with E-state index in [9.17, 15) is 14.0 Å². The number of pyridine rings is 1. The molecule has 1 aromatic heterocycles. The van der Waals surface area contributed by atoms with Crippen LogP contribution in [0.2, 0.25) is 0 Å². The van der Waals surface area contributed by atoms with Gasteiger partial charge in [0.25, 0.3) is 5.91 Å².